The number of fused-ring (bicyclic) bond motifs is 1. The average Bonchev–Trinajstić information content (AvgIpc) is 2.46. The van der Waals surface area contributed by atoms with E-state index >= 15 is 0 Å². The zero-order valence-corrected chi connectivity index (χ0v) is 8.91. The van der Waals surface area contributed by atoms with Gasteiger partial charge in [0.1, 0.15) is 0 Å². The van der Waals surface area contributed by atoms with Crippen LogP contribution < -0.4 is 5.73 Å². The van der Waals surface area contributed by atoms with Crippen molar-refractivity contribution in [2.24, 2.45) is 12.8 Å². The number of aromatic nitrogens is 1. The van der Waals surface area contributed by atoms with Crippen LogP contribution in [0.25, 0.3) is 10.9 Å². The third-order valence-corrected chi connectivity index (χ3v) is 2.62. The molecule has 0 bridgehead atoms. The van der Waals surface area contributed by atoms with Crippen LogP contribution in [0, 0.1) is 0 Å². The molecule has 1 aromatic heterocycles. The van der Waals surface area contributed by atoms with Crippen LogP contribution in [-0.2, 0) is 12.6 Å². The molecule has 1 heterocycles. The zero-order valence-electron chi connectivity index (χ0n) is 8.91. The van der Waals surface area contributed by atoms with Crippen molar-refractivity contribution < 1.29 is 0 Å². The van der Waals surface area contributed by atoms with Crippen LogP contribution in [0.3, 0.4) is 0 Å². The maximum Gasteiger partial charge on any atom is 0.0481 e. The highest BCUT2D eigenvalue weighted by molar-refractivity contribution is 5.84. The summed E-state index contributed by atoms with van der Waals surface area (Å²) in [5.41, 5.74) is 8.29. The minimum Gasteiger partial charge on any atom is -0.351 e. The third-order valence-electron chi connectivity index (χ3n) is 2.62. The average molecular weight is 188 g/mol. The molecular weight excluding hydrogens is 172 g/mol. The largest absolute Gasteiger partial charge is 0.351 e. The van der Waals surface area contributed by atoms with Gasteiger partial charge in [-0.1, -0.05) is 12.1 Å². The number of benzene rings is 1. The van der Waals surface area contributed by atoms with Gasteiger partial charge in [0.2, 0.25) is 0 Å². The Bertz CT molecular complexity index is 461. The molecule has 0 amide bonds. The summed E-state index contributed by atoms with van der Waals surface area (Å²) < 4.78 is 2.12. The summed E-state index contributed by atoms with van der Waals surface area (Å²) in [5.74, 6) is 0. The Morgan fingerprint density at radius 3 is 2.57 bits per heavy atom. The van der Waals surface area contributed by atoms with E-state index in [1.807, 2.05) is 13.8 Å². The van der Waals surface area contributed by atoms with Gasteiger partial charge in [0.05, 0.1) is 0 Å². The SMILES string of the molecule is Cn1ccc2c(C(C)(C)N)cccc21. The molecule has 0 spiro atoms. The smallest absolute Gasteiger partial charge is 0.0481 e. The molecule has 2 nitrogen and oxygen atoms in total. The van der Waals surface area contributed by atoms with Crippen LogP contribution in [0.4, 0.5) is 0 Å². The lowest BCUT2D eigenvalue weighted by molar-refractivity contribution is 0.559. The van der Waals surface area contributed by atoms with Crippen molar-refractivity contribution in [1.29, 1.82) is 0 Å². The van der Waals surface area contributed by atoms with Gasteiger partial charge in [0.25, 0.3) is 0 Å². The maximum absolute atomic E-state index is 6.12. The van der Waals surface area contributed by atoms with Crippen molar-refractivity contribution in [3.05, 3.63) is 36.0 Å². The molecule has 2 rings (SSSR count). The van der Waals surface area contributed by atoms with Crippen LogP contribution in [0.15, 0.2) is 30.5 Å². The molecule has 0 saturated heterocycles. The minimum atomic E-state index is -0.277. The van der Waals surface area contributed by atoms with E-state index in [1.54, 1.807) is 0 Å². The third kappa shape index (κ3) is 1.32. The first-order valence-corrected chi connectivity index (χ1v) is 4.83. The number of aryl methyl sites for hydroxylation is 1. The highest BCUT2D eigenvalue weighted by atomic mass is 14.9. The predicted octanol–water partition coefficient (Wildman–Crippen LogP) is 2.37. The lowest BCUT2D eigenvalue weighted by Crippen LogP contribution is -2.28. The first kappa shape index (κ1) is 9.28. The van der Waals surface area contributed by atoms with E-state index < -0.39 is 0 Å². The molecule has 2 heteroatoms. The second kappa shape index (κ2) is 2.85. The van der Waals surface area contributed by atoms with Crippen LogP contribution in [0.1, 0.15) is 19.4 Å². The van der Waals surface area contributed by atoms with E-state index in [2.05, 4.69) is 42.1 Å². The molecule has 0 atom stereocenters. The van der Waals surface area contributed by atoms with E-state index in [0.717, 1.165) is 0 Å². The number of nitrogens with zero attached hydrogens (tertiary/aromatic N) is 1. The monoisotopic (exact) mass is 188 g/mol. The summed E-state index contributed by atoms with van der Waals surface area (Å²) in [6.07, 6.45) is 2.07. The second-order valence-electron chi connectivity index (χ2n) is 4.39. The molecule has 2 aromatic rings. The Kier molecular flexibility index (Phi) is 1.89. The Hall–Kier alpha value is -1.28. The highest BCUT2D eigenvalue weighted by Crippen LogP contribution is 2.26. The molecule has 0 fully saturated rings. The van der Waals surface area contributed by atoms with Gasteiger partial charge in [0, 0.05) is 29.7 Å². The second-order valence-corrected chi connectivity index (χ2v) is 4.39. The van der Waals surface area contributed by atoms with Crippen LogP contribution in [0.5, 0.6) is 0 Å². The Labute approximate surface area is 84.3 Å². The van der Waals surface area contributed by atoms with Crippen LogP contribution >= 0.6 is 0 Å². The number of hydrogen-bond donors (Lipinski definition) is 1. The van der Waals surface area contributed by atoms with E-state index in [-0.39, 0.29) is 5.54 Å². The summed E-state index contributed by atoms with van der Waals surface area (Å²) in [6.45, 7) is 4.07. The quantitative estimate of drug-likeness (QED) is 0.731. The van der Waals surface area contributed by atoms with Gasteiger partial charge in [-0.2, -0.15) is 0 Å². The summed E-state index contributed by atoms with van der Waals surface area (Å²) in [6, 6.07) is 8.40. The summed E-state index contributed by atoms with van der Waals surface area (Å²) in [5, 5.41) is 1.25. The van der Waals surface area contributed by atoms with Crippen molar-refractivity contribution in [3.63, 3.8) is 0 Å². The number of hydrogen-bond acceptors (Lipinski definition) is 1. The lowest BCUT2D eigenvalue weighted by Gasteiger charge is -2.20. The molecule has 0 radical (unpaired) electrons. The van der Waals surface area contributed by atoms with Crippen molar-refractivity contribution in [1.82, 2.24) is 4.57 Å². The van der Waals surface area contributed by atoms with Gasteiger partial charge in [-0.15, -0.1) is 0 Å². The van der Waals surface area contributed by atoms with Gasteiger partial charge in [-0.05, 0) is 31.5 Å². The fourth-order valence-corrected chi connectivity index (χ4v) is 1.86. The van der Waals surface area contributed by atoms with E-state index in [4.69, 9.17) is 5.73 Å². The predicted molar refractivity (Wildman–Crippen MR) is 60.1 cm³/mol. The van der Waals surface area contributed by atoms with Crippen molar-refractivity contribution in [3.8, 4) is 0 Å². The fraction of sp³-hybridized carbons (Fsp3) is 0.333. The Morgan fingerprint density at radius 2 is 1.93 bits per heavy atom. The standard InChI is InChI=1S/C12H16N2/c1-12(2,13)10-5-4-6-11-9(10)7-8-14(11)3/h4-8H,13H2,1-3H3. The highest BCUT2D eigenvalue weighted by Gasteiger charge is 2.17. The first-order valence-electron chi connectivity index (χ1n) is 4.83. The molecule has 1 aromatic carbocycles. The number of nitrogens with two attached hydrogens (primary N) is 1. The van der Waals surface area contributed by atoms with Crippen LogP contribution in [-0.4, -0.2) is 4.57 Å². The zero-order chi connectivity index (χ0) is 10.3. The molecule has 2 N–H and O–H groups in total. The summed E-state index contributed by atoms with van der Waals surface area (Å²) in [4.78, 5) is 0. The molecule has 74 valence electrons. The van der Waals surface area contributed by atoms with E-state index in [1.165, 1.54) is 16.5 Å². The van der Waals surface area contributed by atoms with Crippen molar-refractivity contribution in [2.75, 3.05) is 0 Å². The molecule has 0 aliphatic rings. The van der Waals surface area contributed by atoms with Gasteiger partial charge in [-0.25, -0.2) is 0 Å². The molecule has 0 unspecified atom stereocenters. The van der Waals surface area contributed by atoms with E-state index in [0.29, 0.717) is 0 Å². The van der Waals surface area contributed by atoms with Crippen molar-refractivity contribution >= 4 is 10.9 Å². The van der Waals surface area contributed by atoms with Crippen molar-refractivity contribution in [2.45, 2.75) is 19.4 Å². The topological polar surface area (TPSA) is 30.9 Å². The Morgan fingerprint density at radius 1 is 1.21 bits per heavy atom. The maximum atomic E-state index is 6.12. The number of rotatable bonds is 1. The molecule has 14 heavy (non-hydrogen) atoms. The van der Waals surface area contributed by atoms with Gasteiger partial charge in [-0.3, -0.25) is 0 Å². The summed E-state index contributed by atoms with van der Waals surface area (Å²) in [7, 11) is 2.05. The lowest BCUT2D eigenvalue weighted by atomic mass is 9.93. The molecule has 0 saturated carbocycles. The summed E-state index contributed by atoms with van der Waals surface area (Å²) >= 11 is 0. The first-order chi connectivity index (χ1) is 6.50. The van der Waals surface area contributed by atoms with Gasteiger partial charge >= 0.3 is 0 Å². The Balaban J connectivity index is 2.79. The molecule has 0 aliphatic carbocycles. The normalized spacial score (nSPS) is 12.3. The minimum absolute atomic E-state index is 0.277. The van der Waals surface area contributed by atoms with Gasteiger partial charge < -0.3 is 10.3 Å². The van der Waals surface area contributed by atoms with Gasteiger partial charge in [0.15, 0.2) is 0 Å². The fourth-order valence-electron chi connectivity index (χ4n) is 1.86. The van der Waals surface area contributed by atoms with Crippen LogP contribution in [0.2, 0.25) is 0 Å². The van der Waals surface area contributed by atoms with E-state index in [9.17, 15) is 0 Å². The molecule has 0 aliphatic heterocycles. The molecular formula is C12H16N2.